The highest BCUT2D eigenvalue weighted by Crippen LogP contribution is 2.20. The van der Waals surface area contributed by atoms with E-state index in [1.54, 1.807) is 10.6 Å². The molecule has 31 heavy (non-hydrogen) atoms. The molecule has 162 valence electrons. The summed E-state index contributed by atoms with van der Waals surface area (Å²) in [6, 6.07) is 16.9. The number of rotatable bonds is 8. The van der Waals surface area contributed by atoms with Crippen molar-refractivity contribution in [2.45, 2.75) is 38.0 Å². The van der Waals surface area contributed by atoms with Crippen LogP contribution in [-0.4, -0.2) is 32.3 Å². The maximum absolute atomic E-state index is 12.5. The molecule has 2 atom stereocenters. The number of aromatic nitrogens is 3. The average Bonchev–Trinajstić information content (AvgIpc) is 3.13. The zero-order valence-corrected chi connectivity index (χ0v) is 18.9. The van der Waals surface area contributed by atoms with Gasteiger partial charge >= 0.3 is 0 Å². The highest BCUT2D eigenvalue weighted by molar-refractivity contribution is 7.99. The van der Waals surface area contributed by atoms with E-state index in [2.05, 4.69) is 20.8 Å². The topological polar surface area (TPSA) is 88.9 Å². The molecule has 3 rings (SSSR count). The van der Waals surface area contributed by atoms with Crippen LogP contribution < -0.4 is 10.6 Å². The van der Waals surface area contributed by atoms with Crippen LogP contribution in [0.4, 0.5) is 0 Å². The fourth-order valence-corrected chi connectivity index (χ4v) is 3.93. The first-order valence-electron chi connectivity index (χ1n) is 10.1. The van der Waals surface area contributed by atoms with E-state index in [0.717, 1.165) is 11.1 Å². The maximum atomic E-state index is 12.5. The molecule has 0 unspecified atom stereocenters. The summed E-state index contributed by atoms with van der Waals surface area (Å²) in [5, 5.41) is 15.0. The van der Waals surface area contributed by atoms with Gasteiger partial charge in [-0.15, -0.1) is 10.2 Å². The van der Waals surface area contributed by atoms with E-state index in [0.29, 0.717) is 16.5 Å². The monoisotopic (exact) mass is 437 g/mol. The van der Waals surface area contributed by atoms with E-state index in [1.807, 2.05) is 76.3 Å². The smallest absolute Gasteiger partial charge is 0.251 e. The molecule has 2 N–H and O–H groups in total. The molecule has 0 fully saturated rings. The minimum Gasteiger partial charge on any atom is -0.349 e. The number of thioether (sulfide) groups is 1. The van der Waals surface area contributed by atoms with Crippen molar-refractivity contribution >= 4 is 23.6 Å². The first kappa shape index (κ1) is 22.6. The van der Waals surface area contributed by atoms with Crippen molar-refractivity contribution in [2.75, 3.05) is 5.75 Å². The molecule has 2 amide bonds. The lowest BCUT2D eigenvalue weighted by atomic mass is 10.1. The zero-order valence-electron chi connectivity index (χ0n) is 18.1. The van der Waals surface area contributed by atoms with Crippen LogP contribution in [0.5, 0.6) is 0 Å². The summed E-state index contributed by atoms with van der Waals surface area (Å²) in [5.41, 5.74) is 2.69. The van der Waals surface area contributed by atoms with Crippen LogP contribution >= 0.6 is 11.8 Å². The van der Waals surface area contributed by atoms with Gasteiger partial charge in [0, 0.05) is 12.6 Å². The van der Waals surface area contributed by atoms with Crippen LogP contribution in [0.1, 0.15) is 53.2 Å². The normalized spacial score (nSPS) is 12.8. The molecule has 0 aliphatic carbocycles. The van der Waals surface area contributed by atoms with E-state index < -0.39 is 0 Å². The van der Waals surface area contributed by atoms with Gasteiger partial charge < -0.3 is 15.2 Å². The fourth-order valence-electron chi connectivity index (χ4n) is 3.20. The standard InChI is InChI=1S/C23H27N5O2S/c1-15-9-8-12-19(13-15)22(30)25-17(3)21-26-27-23(28(21)4)31-14-20(29)24-16(2)18-10-6-5-7-11-18/h5-13,16-17H,14H2,1-4H3,(H,24,29)(H,25,30)/t16-,17+/m0/s1. The summed E-state index contributed by atoms with van der Waals surface area (Å²) in [5.74, 6) is 0.614. The molecule has 0 spiro atoms. The summed E-state index contributed by atoms with van der Waals surface area (Å²) < 4.78 is 1.81. The van der Waals surface area contributed by atoms with Crippen molar-refractivity contribution in [3.63, 3.8) is 0 Å². The average molecular weight is 438 g/mol. The number of amides is 2. The molecular weight excluding hydrogens is 410 g/mol. The number of hydrogen-bond acceptors (Lipinski definition) is 5. The molecule has 3 aromatic rings. The van der Waals surface area contributed by atoms with Gasteiger partial charge in [-0.25, -0.2) is 0 Å². The molecule has 8 heteroatoms. The van der Waals surface area contributed by atoms with E-state index in [-0.39, 0.29) is 29.7 Å². The van der Waals surface area contributed by atoms with E-state index in [1.165, 1.54) is 11.8 Å². The Morgan fingerprint density at radius 3 is 2.45 bits per heavy atom. The minimum atomic E-state index is -0.327. The third-order valence-corrected chi connectivity index (χ3v) is 5.91. The van der Waals surface area contributed by atoms with E-state index in [4.69, 9.17) is 0 Å². The van der Waals surface area contributed by atoms with Gasteiger partial charge in [0.15, 0.2) is 11.0 Å². The lowest BCUT2D eigenvalue weighted by Gasteiger charge is -2.15. The molecule has 2 aromatic carbocycles. The molecule has 0 saturated carbocycles. The largest absolute Gasteiger partial charge is 0.349 e. The molecule has 0 saturated heterocycles. The fraction of sp³-hybridized carbons (Fsp3) is 0.304. The molecule has 0 bridgehead atoms. The lowest BCUT2D eigenvalue weighted by molar-refractivity contribution is -0.119. The number of carbonyl (C=O) groups excluding carboxylic acids is 2. The van der Waals surface area contributed by atoms with Gasteiger partial charge in [-0.1, -0.05) is 59.8 Å². The number of nitrogens with zero attached hydrogens (tertiary/aromatic N) is 3. The first-order valence-corrected chi connectivity index (χ1v) is 11.1. The van der Waals surface area contributed by atoms with Gasteiger partial charge in [-0.3, -0.25) is 9.59 Å². The van der Waals surface area contributed by atoms with Crippen molar-refractivity contribution in [2.24, 2.45) is 7.05 Å². The summed E-state index contributed by atoms with van der Waals surface area (Å²) in [7, 11) is 1.83. The minimum absolute atomic E-state index is 0.0683. The zero-order chi connectivity index (χ0) is 22.4. The summed E-state index contributed by atoms with van der Waals surface area (Å²) in [4.78, 5) is 24.8. The van der Waals surface area contributed by atoms with Crippen LogP contribution in [0, 0.1) is 6.92 Å². The predicted molar refractivity (Wildman–Crippen MR) is 122 cm³/mol. The second-order valence-corrected chi connectivity index (χ2v) is 8.40. The molecular formula is C23H27N5O2S. The Morgan fingerprint density at radius 1 is 1.00 bits per heavy atom. The lowest BCUT2D eigenvalue weighted by Crippen LogP contribution is -2.29. The van der Waals surface area contributed by atoms with Gasteiger partial charge in [0.05, 0.1) is 17.8 Å². The van der Waals surface area contributed by atoms with Crippen LogP contribution in [0.3, 0.4) is 0 Å². The highest BCUT2D eigenvalue weighted by atomic mass is 32.2. The Morgan fingerprint density at radius 2 is 1.74 bits per heavy atom. The third kappa shape index (κ3) is 5.95. The predicted octanol–water partition coefficient (Wildman–Crippen LogP) is 3.58. The molecule has 0 aliphatic heterocycles. The third-order valence-electron chi connectivity index (χ3n) is 4.89. The van der Waals surface area contributed by atoms with Crippen LogP contribution in [0.15, 0.2) is 59.8 Å². The Hall–Kier alpha value is -3.13. The van der Waals surface area contributed by atoms with Crippen LogP contribution in [-0.2, 0) is 11.8 Å². The second-order valence-electron chi connectivity index (χ2n) is 7.45. The van der Waals surface area contributed by atoms with Crippen molar-refractivity contribution in [1.29, 1.82) is 0 Å². The van der Waals surface area contributed by atoms with E-state index in [9.17, 15) is 9.59 Å². The van der Waals surface area contributed by atoms with Gasteiger partial charge in [0.2, 0.25) is 5.91 Å². The second kappa shape index (κ2) is 10.3. The van der Waals surface area contributed by atoms with Crippen molar-refractivity contribution in [3.05, 3.63) is 77.1 Å². The Bertz CT molecular complexity index is 1050. The molecule has 0 aliphatic rings. The van der Waals surface area contributed by atoms with Crippen molar-refractivity contribution in [3.8, 4) is 0 Å². The van der Waals surface area contributed by atoms with E-state index >= 15 is 0 Å². The van der Waals surface area contributed by atoms with Crippen LogP contribution in [0.2, 0.25) is 0 Å². The van der Waals surface area contributed by atoms with Gasteiger partial charge in [0.25, 0.3) is 5.91 Å². The Labute approximate surface area is 186 Å². The first-order chi connectivity index (χ1) is 14.8. The number of benzene rings is 2. The summed E-state index contributed by atoms with van der Waals surface area (Å²) >= 11 is 1.31. The molecule has 1 heterocycles. The number of hydrogen-bond donors (Lipinski definition) is 2. The number of aryl methyl sites for hydroxylation is 1. The maximum Gasteiger partial charge on any atom is 0.251 e. The highest BCUT2D eigenvalue weighted by Gasteiger charge is 2.19. The molecule has 0 radical (unpaired) electrons. The van der Waals surface area contributed by atoms with Gasteiger partial charge in [-0.05, 0) is 38.5 Å². The number of nitrogens with one attached hydrogen (secondary N) is 2. The summed E-state index contributed by atoms with van der Waals surface area (Å²) in [6.07, 6.45) is 0. The Balaban J connectivity index is 1.55. The van der Waals surface area contributed by atoms with Crippen LogP contribution in [0.25, 0.3) is 0 Å². The summed E-state index contributed by atoms with van der Waals surface area (Å²) in [6.45, 7) is 5.76. The Kier molecular flexibility index (Phi) is 7.46. The van der Waals surface area contributed by atoms with Crippen molar-refractivity contribution < 1.29 is 9.59 Å². The quantitative estimate of drug-likeness (QED) is 0.526. The SMILES string of the molecule is Cc1cccc(C(=O)N[C@H](C)c2nnc(SCC(=O)N[C@@H](C)c3ccccc3)n2C)c1. The number of carbonyl (C=O) groups is 2. The van der Waals surface area contributed by atoms with Gasteiger partial charge in [-0.2, -0.15) is 0 Å². The van der Waals surface area contributed by atoms with Gasteiger partial charge in [0.1, 0.15) is 0 Å². The van der Waals surface area contributed by atoms with Crippen molar-refractivity contribution in [1.82, 2.24) is 25.4 Å². The molecule has 1 aromatic heterocycles. The molecule has 7 nitrogen and oxygen atoms in total.